The van der Waals surface area contributed by atoms with Crippen molar-refractivity contribution in [3.63, 3.8) is 0 Å². The van der Waals surface area contributed by atoms with Crippen molar-refractivity contribution in [2.45, 2.75) is 25.4 Å². The number of halogens is 1. The first-order valence-electron chi connectivity index (χ1n) is 7.61. The minimum Gasteiger partial charge on any atom is -0.449 e. The summed E-state index contributed by atoms with van der Waals surface area (Å²) in [5.41, 5.74) is 1.21. The Morgan fingerprint density at radius 2 is 2.35 bits per heavy atom. The van der Waals surface area contributed by atoms with Gasteiger partial charge in [-0.1, -0.05) is 15.9 Å². The van der Waals surface area contributed by atoms with E-state index in [9.17, 15) is 9.90 Å². The highest BCUT2D eigenvalue weighted by molar-refractivity contribution is 9.10. The van der Waals surface area contributed by atoms with Gasteiger partial charge in [0, 0.05) is 15.9 Å². The summed E-state index contributed by atoms with van der Waals surface area (Å²) in [4.78, 5) is 21.9. The Balaban J connectivity index is 1.80. The van der Waals surface area contributed by atoms with Crippen LogP contribution in [0.1, 0.15) is 18.7 Å². The van der Waals surface area contributed by atoms with Crippen LogP contribution in [0, 0.1) is 0 Å². The molecule has 3 heterocycles. The number of benzene rings is 1. The van der Waals surface area contributed by atoms with E-state index in [0.717, 1.165) is 29.2 Å². The van der Waals surface area contributed by atoms with Crippen LogP contribution in [-0.2, 0) is 6.54 Å². The van der Waals surface area contributed by atoms with Crippen molar-refractivity contribution in [2.24, 2.45) is 0 Å². The fraction of sp³-hybridized carbons (Fsp3) is 0.375. The van der Waals surface area contributed by atoms with Crippen LogP contribution in [-0.4, -0.2) is 39.2 Å². The molecule has 2 aromatic heterocycles. The number of aromatic amines is 1. The molecule has 1 aliphatic rings. The van der Waals surface area contributed by atoms with E-state index in [1.54, 1.807) is 0 Å². The average molecular weight is 378 g/mol. The Kier molecular flexibility index (Phi) is 3.71. The highest BCUT2D eigenvalue weighted by atomic mass is 79.9. The van der Waals surface area contributed by atoms with Gasteiger partial charge in [-0.2, -0.15) is 0 Å². The Hall–Kier alpha value is -1.70. The van der Waals surface area contributed by atoms with Gasteiger partial charge < -0.3 is 14.5 Å². The van der Waals surface area contributed by atoms with E-state index in [1.807, 2.05) is 18.2 Å². The van der Waals surface area contributed by atoms with Gasteiger partial charge in [-0.3, -0.25) is 9.69 Å². The number of aliphatic hydroxyl groups excluding tert-OH is 1. The molecule has 0 saturated carbocycles. The van der Waals surface area contributed by atoms with Crippen molar-refractivity contribution in [1.82, 2.24) is 14.9 Å². The smallest absolute Gasteiger partial charge is 0.294 e. The molecule has 3 aromatic rings. The molecule has 6 nitrogen and oxygen atoms in total. The molecule has 4 rings (SSSR count). The largest absolute Gasteiger partial charge is 0.449 e. The predicted octanol–water partition coefficient (Wildman–Crippen LogP) is 2.39. The first-order chi connectivity index (χ1) is 11.2. The summed E-state index contributed by atoms with van der Waals surface area (Å²) < 4.78 is 6.54. The zero-order chi connectivity index (χ0) is 16.0. The van der Waals surface area contributed by atoms with Crippen molar-refractivity contribution in [3.05, 3.63) is 38.9 Å². The van der Waals surface area contributed by atoms with Gasteiger partial charge in [-0.25, -0.2) is 4.98 Å². The topological polar surface area (TPSA) is 82.4 Å². The predicted molar refractivity (Wildman–Crippen MR) is 90.4 cm³/mol. The molecule has 7 heteroatoms. The average Bonchev–Trinajstić information content (AvgIpc) is 3.12. The molecule has 120 valence electrons. The fourth-order valence-electron chi connectivity index (χ4n) is 3.25. The van der Waals surface area contributed by atoms with E-state index in [4.69, 9.17) is 4.42 Å². The van der Waals surface area contributed by atoms with Crippen molar-refractivity contribution in [2.75, 3.05) is 13.2 Å². The summed E-state index contributed by atoms with van der Waals surface area (Å²) in [6, 6.07) is 5.74. The first kappa shape index (κ1) is 14.9. The highest BCUT2D eigenvalue weighted by Crippen LogP contribution is 2.28. The first-order valence-corrected chi connectivity index (χ1v) is 8.41. The molecule has 1 saturated heterocycles. The van der Waals surface area contributed by atoms with Gasteiger partial charge in [0.25, 0.3) is 5.56 Å². The quantitative estimate of drug-likeness (QED) is 0.732. The van der Waals surface area contributed by atoms with Gasteiger partial charge in [-0.15, -0.1) is 0 Å². The third-order valence-electron chi connectivity index (χ3n) is 4.40. The van der Waals surface area contributed by atoms with E-state index in [1.165, 1.54) is 0 Å². The molecular formula is C16H16BrN3O3. The van der Waals surface area contributed by atoms with E-state index in [2.05, 4.69) is 30.8 Å². The minimum absolute atomic E-state index is 0.133. The maximum Gasteiger partial charge on any atom is 0.294 e. The summed E-state index contributed by atoms with van der Waals surface area (Å²) in [6.07, 6.45) is 2.03. The number of rotatable bonds is 3. The molecule has 0 spiro atoms. The standard InChI is InChI=1S/C16H16BrN3O3/c17-9-3-4-12-11(6-9)14-15(23-12)16(22)19-13(18-14)7-20-5-1-2-10(20)8-21/h3-4,6,10,21H,1-2,5,7-8H2,(H,18,19,22)/t10-/m1/s1. The van der Waals surface area contributed by atoms with Crippen molar-refractivity contribution < 1.29 is 9.52 Å². The SMILES string of the molecule is O=c1[nH]c(CN2CCC[C@@H]2CO)nc2c1oc1ccc(Br)cc12. The minimum atomic E-state index is -0.267. The van der Waals surface area contributed by atoms with Gasteiger partial charge in [0.15, 0.2) is 0 Å². The van der Waals surface area contributed by atoms with E-state index < -0.39 is 0 Å². The number of nitrogens with zero attached hydrogens (tertiary/aromatic N) is 2. The number of aromatic nitrogens is 2. The molecule has 2 N–H and O–H groups in total. The normalized spacial score (nSPS) is 19.1. The molecule has 1 aliphatic heterocycles. The second-order valence-electron chi connectivity index (χ2n) is 5.88. The lowest BCUT2D eigenvalue weighted by Gasteiger charge is -2.21. The summed E-state index contributed by atoms with van der Waals surface area (Å²) in [7, 11) is 0. The van der Waals surface area contributed by atoms with Gasteiger partial charge >= 0.3 is 0 Å². The Bertz CT molecular complexity index is 933. The van der Waals surface area contributed by atoms with E-state index in [0.29, 0.717) is 23.5 Å². The van der Waals surface area contributed by atoms with Crippen LogP contribution < -0.4 is 5.56 Å². The van der Waals surface area contributed by atoms with Gasteiger partial charge in [-0.05, 0) is 37.6 Å². The Morgan fingerprint density at radius 1 is 1.48 bits per heavy atom. The zero-order valence-corrected chi connectivity index (χ0v) is 14.0. The number of aliphatic hydroxyl groups is 1. The summed E-state index contributed by atoms with van der Waals surface area (Å²) in [5, 5.41) is 10.2. The maximum atomic E-state index is 12.3. The second-order valence-corrected chi connectivity index (χ2v) is 6.80. The van der Waals surface area contributed by atoms with Gasteiger partial charge in [0.1, 0.15) is 16.9 Å². The molecular weight excluding hydrogens is 362 g/mol. The molecule has 1 fully saturated rings. The van der Waals surface area contributed by atoms with E-state index >= 15 is 0 Å². The van der Waals surface area contributed by atoms with Crippen LogP contribution in [0.2, 0.25) is 0 Å². The van der Waals surface area contributed by atoms with Crippen molar-refractivity contribution in [3.8, 4) is 0 Å². The number of fused-ring (bicyclic) bond motifs is 3. The van der Waals surface area contributed by atoms with Gasteiger partial charge in [0.2, 0.25) is 5.58 Å². The molecule has 0 aliphatic carbocycles. The fourth-order valence-corrected chi connectivity index (χ4v) is 3.61. The summed E-state index contributed by atoms with van der Waals surface area (Å²) >= 11 is 3.44. The van der Waals surface area contributed by atoms with Crippen LogP contribution in [0.3, 0.4) is 0 Å². The summed E-state index contributed by atoms with van der Waals surface area (Å²) in [6.45, 7) is 1.57. The van der Waals surface area contributed by atoms with Crippen LogP contribution in [0.4, 0.5) is 0 Å². The highest BCUT2D eigenvalue weighted by Gasteiger charge is 2.25. The third kappa shape index (κ3) is 2.58. The number of likely N-dealkylation sites (tertiary alicyclic amines) is 1. The molecule has 0 bridgehead atoms. The third-order valence-corrected chi connectivity index (χ3v) is 4.89. The zero-order valence-electron chi connectivity index (χ0n) is 12.4. The van der Waals surface area contributed by atoms with Crippen LogP contribution in [0.25, 0.3) is 22.1 Å². The Morgan fingerprint density at radius 3 is 3.17 bits per heavy atom. The van der Waals surface area contributed by atoms with Crippen molar-refractivity contribution >= 4 is 38.0 Å². The molecule has 1 aromatic carbocycles. The number of H-pyrrole nitrogens is 1. The summed E-state index contributed by atoms with van der Waals surface area (Å²) in [5.74, 6) is 0.602. The lowest BCUT2D eigenvalue weighted by molar-refractivity contribution is 0.151. The second kappa shape index (κ2) is 5.74. The molecule has 0 unspecified atom stereocenters. The molecule has 0 amide bonds. The number of hydrogen-bond donors (Lipinski definition) is 2. The number of hydrogen-bond acceptors (Lipinski definition) is 5. The monoisotopic (exact) mass is 377 g/mol. The maximum absolute atomic E-state index is 12.3. The Labute approximate surface area is 140 Å². The van der Waals surface area contributed by atoms with E-state index in [-0.39, 0.29) is 23.8 Å². The van der Waals surface area contributed by atoms with Crippen LogP contribution in [0.5, 0.6) is 0 Å². The van der Waals surface area contributed by atoms with Crippen LogP contribution in [0.15, 0.2) is 31.9 Å². The lowest BCUT2D eigenvalue weighted by atomic mass is 10.2. The lowest BCUT2D eigenvalue weighted by Crippen LogP contribution is -2.32. The molecule has 0 radical (unpaired) electrons. The molecule has 23 heavy (non-hydrogen) atoms. The number of nitrogens with one attached hydrogen (secondary N) is 1. The molecule has 1 atom stereocenters. The number of furan rings is 1. The van der Waals surface area contributed by atoms with Crippen LogP contribution >= 0.6 is 15.9 Å². The van der Waals surface area contributed by atoms with Gasteiger partial charge in [0.05, 0.1) is 13.2 Å². The van der Waals surface area contributed by atoms with Crippen molar-refractivity contribution in [1.29, 1.82) is 0 Å².